The number of hydrogen-bond acceptors (Lipinski definition) is 4. The van der Waals surface area contributed by atoms with E-state index in [4.69, 9.17) is 4.42 Å². The number of nitrogens with one attached hydrogen (secondary N) is 1. The number of carbonyl (C=O) groups is 2. The number of piperazine rings is 1. The quantitative estimate of drug-likeness (QED) is 0.918. The number of fused-ring (bicyclic) bond motifs is 1. The minimum Gasteiger partial charge on any atom is -0.444 e. The highest BCUT2D eigenvalue weighted by atomic mass is 16.3. The molecule has 0 spiro atoms. The van der Waals surface area contributed by atoms with Gasteiger partial charge in [-0.25, -0.2) is 4.98 Å². The van der Waals surface area contributed by atoms with Gasteiger partial charge in [-0.2, -0.15) is 0 Å². The second-order valence-corrected chi connectivity index (χ2v) is 6.36. The van der Waals surface area contributed by atoms with Crippen molar-refractivity contribution < 1.29 is 14.0 Å². The first-order valence-electron chi connectivity index (χ1n) is 8.33. The van der Waals surface area contributed by atoms with Crippen molar-refractivity contribution in [3.05, 3.63) is 42.3 Å². The lowest BCUT2D eigenvalue weighted by Gasteiger charge is -2.43. The molecule has 1 saturated heterocycles. The lowest BCUT2D eigenvalue weighted by Crippen LogP contribution is -2.62. The molecule has 0 radical (unpaired) electrons. The van der Waals surface area contributed by atoms with E-state index in [1.807, 2.05) is 30.3 Å². The summed E-state index contributed by atoms with van der Waals surface area (Å²) in [4.78, 5) is 30.8. The Bertz CT molecular complexity index is 756. The molecule has 2 fully saturated rings. The van der Waals surface area contributed by atoms with Gasteiger partial charge in [0.05, 0.1) is 6.04 Å². The molecule has 1 aromatic carbocycles. The predicted octanol–water partition coefficient (Wildman–Crippen LogP) is 2.22. The Morgan fingerprint density at radius 1 is 1.21 bits per heavy atom. The van der Waals surface area contributed by atoms with Gasteiger partial charge in [0, 0.05) is 11.6 Å². The van der Waals surface area contributed by atoms with E-state index in [0.29, 0.717) is 5.89 Å². The Morgan fingerprint density at radius 3 is 2.83 bits per heavy atom. The summed E-state index contributed by atoms with van der Waals surface area (Å²) < 4.78 is 5.47. The van der Waals surface area contributed by atoms with Crippen LogP contribution >= 0.6 is 0 Å². The third-order valence-corrected chi connectivity index (χ3v) is 4.80. The molecule has 0 bridgehead atoms. The molecule has 2 amide bonds. The molecule has 2 atom stereocenters. The average Bonchev–Trinajstić information content (AvgIpc) is 3.11. The summed E-state index contributed by atoms with van der Waals surface area (Å²) in [6.45, 7) is 0.0908. The second kappa shape index (κ2) is 6.11. The normalized spacial score (nSPS) is 23.5. The molecule has 6 heteroatoms. The van der Waals surface area contributed by atoms with E-state index >= 15 is 0 Å². The number of carbonyl (C=O) groups excluding carboxylic acids is 2. The zero-order valence-electron chi connectivity index (χ0n) is 13.3. The molecule has 2 aromatic rings. The summed E-state index contributed by atoms with van der Waals surface area (Å²) in [7, 11) is 0. The third-order valence-electron chi connectivity index (χ3n) is 4.80. The Labute approximate surface area is 139 Å². The Balaban J connectivity index is 1.58. The first-order valence-corrected chi connectivity index (χ1v) is 8.33. The molecular weight excluding hydrogens is 306 g/mol. The molecule has 1 aromatic heterocycles. The van der Waals surface area contributed by atoms with E-state index in [1.165, 1.54) is 6.26 Å². The van der Waals surface area contributed by atoms with Crippen LogP contribution < -0.4 is 5.32 Å². The van der Waals surface area contributed by atoms with Gasteiger partial charge in [-0.1, -0.05) is 31.0 Å². The fourth-order valence-corrected chi connectivity index (χ4v) is 3.63. The molecular formula is C18H19N3O3. The number of benzene rings is 1. The van der Waals surface area contributed by atoms with Gasteiger partial charge in [0.1, 0.15) is 12.8 Å². The molecule has 4 rings (SSSR count). The van der Waals surface area contributed by atoms with Crippen LogP contribution in [0.5, 0.6) is 0 Å². The topological polar surface area (TPSA) is 75.4 Å². The smallest absolute Gasteiger partial charge is 0.276 e. The largest absolute Gasteiger partial charge is 0.444 e. The standard InChI is InChI=1S/C18H19N3O3/c22-16-10-21(15-9-5-4-8-13(15)19-16)18(23)14-11-24-17(20-14)12-6-2-1-3-7-12/h1-3,6-7,11,13,15H,4-5,8-10H2,(H,19,22)/t13-,15+/m1/s1. The van der Waals surface area contributed by atoms with Crippen LogP contribution in [-0.4, -0.2) is 40.3 Å². The van der Waals surface area contributed by atoms with Crippen LogP contribution in [0.3, 0.4) is 0 Å². The van der Waals surface area contributed by atoms with Crippen LogP contribution in [0.2, 0.25) is 0 Å². The van der Waals surface area contributed by atoms with Crippen molar-refractivity contribution in [1.29, 1.82) is 0 Å². The summed E-state index contributed by atoms with van der Waals surface area (Å²) >= 11 is 0. The van der Waals surface area contributed by atoms with Gasteiger partial charge in [-0.3, -0.25) is 9.59 Å². The van der Waals surface area contributed by atoms with Crippen molar-refractivity contribution in [2.45, 2.75) is 37.8 Å². The summed E-state index contributed by atoms with van der Waals surface area (Å²) in [5, 5.41) is 3.01. The minimum absolute atomic E-state index is 0.0563. The van der Waals surface area contributed by atoms with Gasteiger partial charge in [0.15, 0.2) is 5.69 Å². The molecule has 1 aliphatic carbocycles. The van der Waals surface area contributed by atoms with Gasteiger partial charge < -0.3 is 14.6 Å². The van der Waals surface area contributed by atoms with E-state index in [-0.39, 0.29) is 36.1 Å². The zero-order chi connectivity index (χ0) is 16.5. The summed E-state index contributed by atoms with van der Waals surface area (Å²) in [6.07, 6.45) is 5.39. The van der Waals surface area contributed by atoms with Crippen LogP contribution in [-0.2, 0) is 4.79 Å². The molecule has 1 N–H and O–H groups in total. The van der Waals surface area contributed by atoms with Crippen LogP contribution in [0.1, 0.15) is 36.2 Å². The van der Waals surface area contributed by atoms with Crippen molar-refractivity contribution >= 4 is 11.8 Å². The number of oxazole rings is 1. The highest BCUT2D eigenvalue weighted by Gasteiger charge is 2.39. The minimum atomic E-state index is -0.229. The lowest BCUT2D eigenvalue weighted by atomic mass is 9.87. The first-order chi connectivity index (χ1) is 11.7. The maximum Gasteiger partial charge on any atom is 0.276 e. The fourth-order valence-electron chi connectivity index (χ4n) is 3.63. The van der Waals surface area contributed by atoms with Crippen LogP contribution in [0.15, 0.2) is 41.0 Å². The Morgan fingerprint density at radius 2 is 2.00 bits per heavy atom. The fraction of sp³-hybridized carbons (Fsp3) is 0.389. The molecule has 2 aliphatic rings. The van der Waals surface area contributed by atoms with Crippen molar-refractivity contribution in [3.8, 4) is 11.5 Å². The Hall–Kier alpha value is -2.63. The number of hydrogen-bond donors (Lipinski definition) is 1. The van der Waals surface area contributed by atoms with Crippen molar-refractivity contribution in [1.82, 2.24) is 15.2 Å². The lowest BCUT2D eigenvalue weighted by molar-refractivity contribution is -0.127. The van der Waals surface area contributed by atoms with Gasteiger partial charge in [-0.05, 0) is 25.0 Å². The van der Waals surface area contributed by atoms with E-state index in [0.717, 1.165) is 31.2 Å². The molecule has 24 heavy (non-hydrogen) atoms. The zero-order valence-corrected chi connectivity index (χ0v) is 13.3. The molecule has 124 valence electrons. The third kappa shape index (κ3) is 2.68. The monoisotopic (exact) mass is 325 g/mol. The van der Waals surface area contributed by atoms with Crippen LogP contribution in [0, 0.1) is 0 Å². The van der Waals surface area contributed by atoms with E-state index in [2.05, 4.69) is 10.3 Å². The summed E-state index contributed by atoms with van der Waals surface area (Å²) in [5.74, 6) is 0.0894. The first kappa shape index (κ1) is 14.9. The number of aromatic nitrogens is 1. The number of rotatable bonds is 2. The van der Waals surface area contributed by atoms with Crippen LogP contribution in [0.4, 0.5) is 0 Å². The second-order valence-electron chi connectivity index (χ2n) is 6.36. The average molecular weight is 325 g/mol. The van der Waals surface area contributed by atoms with Gasteiger partial charge >= 0.3 is 0 Å². The maximum absolute atomic E-state index is 12.9. The van der Waals surface area contributed by atoms with E-state index in [9.17, 15) is 9.59 Å². The van der Waals surface area contributed by atoms with E-state index < -0.39 is 0 Å². The summed E-state index contributed by atoms with van der Waals surface area (Å²) in [5.41, 5.74) is 1.08. The maximum atomic E-state index is 12.9. The van der Waals surface area contributed by atoms with Crippen LogP contribution in [0.25, 0.3) is 11.5 Å². The molecule has 2 heterocycles. The van der Waals surface area contributed by atoms with Gasteiger partial charge in [0.25, 0.3) is 5.91 Å². The number of amides is 2. The van der Waals surface area contributed by atoms with Crippen molar-refractivity contribution in [3.63, 3.8) is 0 Å². The van der Waals surface area contributed by atoms with Crippen molar-refractivity contribution in [2.24, 2.45) is 0 Å². The highest BCUT2D eigenvalue weighted by molar-refractivity contribution is 5.96. The van der Waals surface area contributed by atoms with Gasteiger partial charge in [0.2, 0.25) is 11.8 Å². The molecule has 6 nitrogen and oxygen atoms in total. The summed E-state index contributed by atoms with van der Waals surface area (Å²) in [6, 6.07) is 9.57. The molecule has 1 saturated carbocycles. The van der Waals surface area contributed by atoms with E-state index in [1.54, 1.807) is 4.90 Å². The number of nitrogens with zero attached hydrogens (tertiary/aromatic N) is 2. The predicted molar refractivity (Wildman–Crippen MR) is 87.2 cm³/mol. The highest BCUT2D eigenvalue weighted by Crippen LogP contribution is 2.27. The van der Waals surface area contributed by atoms with Crippen molar-refractivity contribution in [2.75, 3.05) is 6.54 Å². The SMILES string of the molecule is O=C1CN(C(=O)c2coc(-c3ccccc3)n2)[C@H]2CCCC[C@H]2N1. The molecule has 0 unspecified atom stereocenters. The molecule has 1 aliphatic heterocycles. The van der Waals surface area contributed by atoms with Gasteiger partial charge in [-0.15, -0.1) is 0 Å². The Kier molecular flexibility index (Phi) is 3.80.